The molecule has 0 aromatic carbocycles. The number of carbonyl (C=O) groups is 1. The summed E-state index contributed by atoms with van der Waals surface area (Å²) in [7, 11) is 0. The van der Waals surface area contributed by atoms with E-state index in [0.29, 0.717) is 29.6 Å². The zero-order valence-corrected chi connectivity index (χ0v) is 34.0. The highest BCUT2D eigenvalue weighted by Gasteiger charge is 2.69. The van der Waals surface area contributed by atoms with Crippen molar-refractivity contribution in [2.75, 3.05) is 0 Å². The molecule has 4 fully saturated rings. The first-order valence-electron chi connectivity index (χ1n) is 21.6. The number of hydrogen-bond acceptors (Lipinski definition) is 3. The van der Waals surface area contributed by atoms with Crippen LogP contribution in [0.3, 0.4) is 0 Å². The van der Waals surface area contributed by atoms with E-state index in [1.54, 1.807) is 5.57 Å². The van der Waals surface area contributed by atoms with E-state index in [1.165, 1.54) is 103 Å². The van der Waals surface area contributed by atoms with Gasteiger partial charge in [-0.05, 0) is 104 Å². The minimum atomic E-state index is -0.224. The lowest BCUT2D eigenvalue weighted by atomic mass is 9.33. The Morgan fingerprint density at radius 3 is 1.92 bits per heavy atom. The van der Waals surface area contributed by atoms with Crippen LogP contribution in [0.2, 0.25) is 0 Å². The lowest BCUT2D eigenvalue weighted by Gasteiger charge is -2.72. The molecule has 3 nitrogen and oxygen atoms in total. The van der Waals surface area contributed by atoms with Crippen LogP contribution in [0, 0.1) is 50.2 Å². The normalized spacial score (nSPS) is 40.7. The van der Waals surface area contributed by atoms with Gasteiger partial charge in [0, 0.05) is 17.3 Å². The number of rotatable bonds is 15. The molecule has 0 aromatic heterocycles. The minimum absolute atomic E-state index is 0.0159. The second-order valence-electron chi connectivity index (χ2n) is 20.8. The third kappa shape index (κ3) is 7.51. The van der Waals surface area contributed by atoms with E-state index in [1.807, 2.05) is 0 Å². The maximum Gasteiger partial charge on any atom is 0.306 e. The van der Waals surface area contributed by atoms with E-state index >= 15 is 0 Å². The summed E-state index contributed by atoms with van der Waals surface area (Å²) in [6.07, 6.45) is 30.5. The molecule has 282 valence electrons. The molecule has 0 heterocycles. The molecule has 0 aliphatic heterocycles. The first-order valence-corrected chi connectivity index (χ1v) is 21.6. The number of carbonyl (C=O) groups excluding carboxylic acids is 1. The highest BCUT2D eigenvalue weighted by atomic mass is 16.5. The number of allylic oxidation sites excluding steroid dienone is 2. The fourth-order valence-corrected chi connectivity index (χ4v) is 13.3. The van der Waals surface area contributed by atoms with Gasteiger partial charge in [0.1, 0.15) is 6.10 Å². The standard InChI is InChI=1S/C46H80O3/c1-10-11-12-13-14-15-16-17-18-19-20-21-22-23-40(48)49-39-27-28-44(7)36(42(39,4)5)26-29-45(8)37(44)25-24-34-35-32-41(2,3)30-31-43(35,6)38(47)33-46(34,45)9/h24,35-39,47H,10-23,25-33H2,1-9H3/t35-,36+,37+,38-,39-,43-,44-,45+,46+/m0/s1. The molecule has 0 bridgehead atoms. The van der Waals surface area contributed by atoms with Gasteiger partial charge in [-0.3, -0.25) is 4.79 Å². The molecule has 5 aliphatic carbocycles. The van der Waals surface area contributed by atoms with Gasteiger partial charge in [-0.2, -0.15) is 0 Å². The van der Waals surface area contributed by atoms with Crippen LogP contribution >= 0.6 is 0 Å². The summed E-state index contributed by atoms with van der Waals surface area (Å²) in [6.45, 7) is 22.3. The number of aliphatic hydroxyl groups is 1. The van der Waals surface area contributed by atoms with Crippen LogP contribution in [0.15, 0.2) is 11.6 Å². The molecule has 5 aliphatic rings. The van der Waals surface area contributed by atoms with Crippen molar-refractivity contribution in [1.29, 1.82) is 0 Å². The Morgan fingerprint density at radius 1 is 0.714 bits per heavy atom. The number of aliphatic hydroxyl groups excluding tert-OH is 1. The lowest BCUT2D eigenvalue weighted by molar-refractivity contribution is -0.220. The van der Waals surface area contributed by atoms with Crippen LogP contribution in [0.5, 0.6) is 0 Å². The second-order valence-corrected chi connectivity index (χ2v) is 20.8. The molecule has 0 radical (unpaired) electrons. The summed E-state index contributed by atoms with van der Waals surface area (Å²) in [4.78, 5) is 13.2. The van der Waals surface area contributed by atoms with Crippen molar-refractivity contribution in [2.45, 2.75) is 222 Å². The number of ether oxygens (including phenoxy) is 1. The Balaban J connectivity index is 1.14. The van der Waals surface area contributed by atoms with Crippen LogP contribution in [0.1, 0.15) is 210 Å². The first kappa shape index (κ1) is 39.4. The molecule has 1 N–H and O–H groups in total. The summed E-state index contributed by atoms with van der Waals surface area (Å²) in [5.41, 5.74) is 2.49. The van der Waals surface area contributed by atoms with E-state index in [0.717, 1.165) is 38.5 Å². The molecule has 5 rings (SSSR count). The van der Waals surface area contributed by atoms with Gasteiger partial charge >= 0.3 is 5.97 Å². The van der Waals surface area contributed by atoms with Crippen LogP contribution in [0.25, 0.3) is 0 Å². The smallest absolute Gasteiger partial charge is 0.306 e. The fraction of sp³-hybridized carbons (Fsp3) is 0.935. The monoisotopic (exact) mass is 681 g/mol. The molecule has 0 amide bonds. The number of esters is 1. The maximum atomic E-state index is 13.2. The quantitative estimate of drug-likeness (QED) is 0.106. The summed E-state index contributed by atoms with van der Waals surface area (Å²) in [5.74, 6) is 1.68. The molecule has 0 spiro atoms. The van der Waals surface area contributed by atoms with Gasteiger partial charge in [0.05, 0.1) is 6.10 Å². The van der Waals surface area contributed by atoms with Crippen LogP contribution in [-0.2, 0) is 9.53 Å². The third-order valence-corrected chi connectivity index (χ3v) is 16.8. The molecule has 0 unspecified atom stereocenters. The van der Waals surface area contributed by atoms with E-state index < -0.39 is 0 Å². The Hall–Kier alpha value is -0.830. The number of fused-ring (bicyclic) bond motifs is 7. The Bertz CT molecular complexity index is 1150. The average Bonchev–Trinajstić information content (AvgIpc) is 3.02. The van der Waals surface area contributed by atoms with Gasteiger partial charge in [0.25, 0.3) is 0 Å². The summed E-state index contributed by atoms with van der Waals surface area (Å²) in [6, 6.07) is 0. The van der Waals surface area contributed by atoms with Crippen molar-refractivity contribution in [3.8, 4) is 0 Å². The van der Waals surface area contributed by atoms with Crippen molar-refractivity contribution < 1.29 is 14.6 Å². The molecule has 3 heteroatoms. The Labute approximate surface area is 304 Å². The molecule has 0 saturated heterocycles. The zero-order chi connectivity index (χ0) is 35.7. The predicted molar refractivity (Wildman–Crippen MR) is 206 cm³/mol. The summed E-state index contributed by atoms with van der Waals surface area (Å²) >= 11 is 0. The largest absolute Gasteiger partial charge is 0.462 e. The van der Waals surface area contributed by atoms with Crippen molar-refractivity contribution in [1.82, 2.24) is 0 Å². The Kier molecular flexibility index (Phi) is 12.3. The Morgan fingerprint density at radius 2 is 1.31 bits per heavy atom. The first-order chi connectivity index (χ1) is 23.1. The predicted octanol–water partition coefficient (Wildman–Crippen LogP) is 13.2. The van der Waals surface area contributed by atoms with Gasteiger partial charge in [-0.15, -0.1) is 0 Å². The molecule has 9 atom stereocenters. The molecular formula is C46H80O3. The lowest BCUT2D eigenvalue weighted by Crippen LogP contribution is -2.66. The van der Waals surface area contributed by atoms with E-state index in [2.05, 4.69) is 68.4 Å². The van der Waals surface area contributed by atoms with Crippen molar-refractivity contribution in [2.24, 2.45) is 50.2 Å². The van der Waals surface area contributed by atoms with E-state index in [4.69, 9.17) is 4.74 Å². The number of hydrogen-bond donors (Lipinski definition) is 1. The second kappa shape index (κ2) is 15.3. The maximum absolute atomic E-state index is 13.2. The van der Waals surface area contributed by atoms with Gasteiger partial charge in [0.15, 0.2) is 0 Å². The van der Waals surface area contributed by atoms with Crippen molar-refractivity contribution >= 4 is 5.97 Å². The highest BCUT2D eigenvalue weighted by Crippen LogP contribution is 2.75. The SMILES string of the molecule is CCCCCCCCCCCCCCCC(=O)O[C@H]1CC[C@@]2(C)[C@H](CC[C@]3(C)[C@@H]2CC=C2[C@@H]4CC(C)(C)CC[C@]4(C)[C@@H](O)C[C@]23C)C1(C)C. The minimum Gasteiger partial charge on any atom is -0.462 e. The topological polar surface area (TPSA) is 46.5 Å². The van der Waals surface area contributed by atoms with Crippen LogP contribution in [0.4, 0.5) is 0 Å². The average molecular weight is 681 g/mol. The summed E-state index contributed by atoms with van der Waals surface area (Å²) in [5, 5.41) is 11.9. The summed E-state index contributed by atoms with van der Waals surface area (Å²) < 4.78 is 6.39. The molecule has 0 aromatic rings. The van der Waals surface area contributed by atoms with Gasteiger partial charge in [0.2, 0.25) is 0 Å². The van der Waals surface area contributed by atoms with Gasteiger partial charge < -0.3 is 9.84 Å². The molecule has 4 saturated carbocycles. The number of unbranched alkanes of at least 4 members (excludes halogenated alkanes) is 12. The highest BCUT2D eigenvalue weighted by molar-refractivity contribution is 5.69. The zero-order valence-electron chi connectivity index (χ0n) is 34.0. The van der Waals surface area contributed by atoms with Gasteiger partial charge in [-0.25, -0.2) is 0 Å². The van der Waals surface area contributed by atoms with E-state index in [-0.39, 0.29) is 45.3 Å². The van der Waals surface area contributed by atoms with Gasteiger partial charge in [-0.1, -0.05) is 151 Å². The van der Waals surface area contributed by atoms with Crippen molar-refractivity contribution in [3.63, 3.8) is 0 Å². The molecular weight excluding hydrogens is 601 g/mol. The van der Waals surface area contributed by atoms with E-state index in [9.17, 15) is 9.90 Å². The van der Waals surface area contributed by atoms with Crippen molar-refractivity contribution in [3.05, 3.63) is 11.6 Å². The van der Waals surface area contributed by atoms with Crippen LogP contribution < -0.4 is 0 Å². The fourth-order valence-electron chi connectivity index (χ4n) is 13.3. The van der Waals surface area contributed by atoms with Crippen LogP contribution in [-0.4, -0.2) is 23.3 Å². The molecule has 49 heavy (non-hydrogen) atoms. The third-order valence-electron chi connectivity index (χ3n) is 16.8.